The van der Waals surface area contributed by atoms with Crippen LogP contribution in [-0.4, -0.2) is 24.6 Å². The molecule has 1 aromatic rings. The Morgan fingerprint density at radius 2 is 2.00 bits per heavy atom. The zero-order valence-electron chi connectivity index (χ0n) is 13.1. The van der Waals surface area contributed by atoms with Gasteiger partial charge in [0.15, 0.2) is 6.61 Å². The number of hydrogen-bond acceptors (Lipinski definition) is 3. The molecule has 0 spiro atoms. The molecule has 2 rings (SSSR count). The molecule has 1 aliphatic carbocycles. The van der Waals surface area contributed by atoms with Crippen LogP contribution in [0.1, 0.15) is 44.6 Å². The van der Waals surface area contributed by atoms with Crippen LogP contribution in [0, 0.1) is 0 Å². The second-order valence-corrected chi connectivity index (χ2v) is 5.65. The highest BCUT2D eigenvalue weighted by molar-refractivity contribution is 5.95. The molecular weight excluding hydrogens is 280 g/mol. The summed E-state index contributed by atoms with van der Waals surface area (Å²) in [5, 5.41) is 5.15. The van der Waals surface area contributed by atoms with Gasteiger partial charge in [-0.3, -0.25) is 10.1 Å². The summed E-state index contributed by atoms with van der Waals surface area (Å²) in [6.45, 7) is 1.90. The molecule has 0 radical (unpaired) electrons. The Morgan fingerprint density at radius 1 is 1.23 bits per heavy atom. The first kappa shape index (κ1) is 16.3. The molecule has 2 N–H and O–H groups in total. The molecule has 0 atom stereocenters. The zero-order valence-corrected chi connectivity index (χ0v) is 13.1. The maximum atomic E-state index is 11.7. The van der Waals surface area contributed by atoms with Crippen LogP contribution >= 0.6 is 0 Å². The topological polar surface area (TPSA) is 67.4 Å². The van der Waals surface area contributed by atoms with Gasteiger partial charge in [-0.25, -0.2) is 4.79 Å². The molecule has 1 saturated carbocycles. The SMILES string of the molecule is CCc1cccc(OCC(=O)NC(=O)NC2CCCCC2)c1. The van der Waals surface area contributed by atoms with Crippen molar-refractivity contribution in [3.63, 3.8) is 0 Å². The lowest BCUT2D eigenvalue weighted by atomic mass is 9.96. The average molecular weight is 304 g/mol. The number of amides is 3. The van der Waals surface area contributed by atoms with E-state index in [1.54, 1.807) is 6.07 Å². The fourth-order valence-electron chi connectivity index (χ4n) is 2.64. The van der Waals surface area contributed by atoms with Crippen molar-refractivity contribution in [2.45, 2.75) is 51.5 Å². The monoisotopic (exact) mass is 304 g/mol. The van der Waals surface area contributed by atoms with E-state index >= 15 is 0 Å². The second kappa shape index (κ2) is 8.41. The summed E-state index contributed by atoms with van der Waals surface area (Å²) in [6.07, 6.45) is 6.38. The van der Waals surface area contributed by atoms with E-state index in [2.05, 4.69) is 17.6 Å². The molecule has 5 nitrogen and oxygen atoms in total. The first-order valence-corrected chi connectivity index (χ1v) is 7.99. The first-order valence-electron chi connectivity index (χ1n) is 7.99. The number of aryl methyl sites for hydroxylation is 1. The Hall–Kier alpha value is -2.04. The lowest BCUT2D eigenvalue weighted by Crippen LogP contribution is -2.46. The highest BCUT2D eigenvalue weighted by atomic mass is 16.5. The Labute approximate surface area is 131 Å². The lowest BCUT2D eigenvalue weighted by Gasteiger charge is -2.22. The molecule has 0 saturated heterocycles. The van der Waals surface area contributed by atoms with Crippen molar-refractivity contribution in [2.24, 2.45) is 0 Å². The van der Waals surface area contributed by atoms with E-state index in [0.717, 1.165) is 37.7 Å². The van der Waals surface area contributed by atoms with E-state index in [4.69, 9.17) is 4.74 Å². The fourth-order valence-corrected chi connectivity index (χ4v) is 2.64. The summed E-state index contributed by atoms with van der Waals surface area (Å²) in [4.78, 5) is 23.5. The van der Waals surface area contributed by atoms with Crippen molar-refractivity contribution in [3.8, 4) is 5.75 Å². The minimum Gasteiger partial charge on any atom is -0.484 e. The van der Waals surface area contributed by atoms with Crippen molar-refractivity contribution < 1.29 is 14.3 Å². The average Bonchev–Trinajstić information content (AvgIpc) is 2.54. The third-order valence-electron chi connectivity index (χ3n) is 3.87. The summed E-state index contributed by atoms with van der Waals surface area (Å²) in [5.41, 5.74) is 1.15. The normalized spacial score (nSPS) is 15.1. The molecule has 0 aliphatic heterocycles. The molecule has 0 unspecified atom stereocenters. The van der Waals surface area contributed by atoms with Gasteiger partial charge < -0.3 is 10.1 Å². The number of carbonyl (C=O) groups excluding carboxylic acids is 2. The van der Waals surface area contributed by atoms with Crippen LogP contribution in [0.3, 0.4) is 0 Å². The van der Waals surface area contributed by atoms with E-state index in [0.29, 0.717) is 5.75 Å². The van der Waals surface area contributed by atoms with Crippen molar-refractivity contribution in [1.29, 1.82) is 0 Å². The highest BCUT2D eigenvalue weighted by Gasteiger charge is 2.17. The third-order valence-corrected chi connectivity index (χ3v) is 3.87. The summed E-state index contributed by atoms with van der Waals surface area (Å²) >= 11 is 0. The molecule has 1 fully saturated rings. The smallest absolute Gasteiger partial charge is 0.321 e. The molecule has 3 amide bonds. The summed E-state index contributed by atoms with van der Waals surface area (Å²) in [6, 6.07) is 7.35. The molecule has 22 heavy (non-hydrogen) atoms. The van der Waals surface area contributed by atoms with Gasteiger partial charge in [-0.1, -0.05) is 38.3 Å². The molecule has 5 heteroatoms. The Bertz CT molecular complexity index is 510. The molecular formula is C17H24N2O3. The van der Waals surface area contributed by atoms with Crippen LogP contribution in [0.25, 0.3) is 0 Å². The van der Waals surface area contributed by atoms with E-state index in [-0.39, 0.29) is 12.6 Å². The predicted octanol–water partition coefficient (Wildman–Crippen LogP) is 2.79. The Morgan fingerprint density at radius 3 is 2.73 bits per heavy atom. The van der Waals surface area contributed by atoms with Gasteiger partial charge in [-0.05, 0) is 37.0 Å². The van der Waals surface area contributed by atoms with E-state index in [1.165, 1.54) is 6.42 Å². The number of hydrogen-bond donors (Lipinski definition) is 2. The first-order chi connectivity index (χ1) is 10.7. The summed E-state index contributed by atoms with van der Waals surface area (Å²) < 4.78 is 5.41. The minimum atomic E-state index is -0.435. The van der Waals surface area contributed by atoms with Gasteiger partial charge in [0.25, 0.3) is 5.91 Å². The summed E-state index contributed by atoms with van der Waals surface area (Å²) in [5.74, 6) is 0.206. The molecule has 0 heterocycles. The van der Waals surface area contributed by atoms with E-state index in [1.807, 2.05) is 18.2 Å². The number of ether oxygens (including phenoxy) is 1. The second-order valence-electron chi connectivity index (χ2n) is 5.65. The van der Waals surface area contributed by atoms with Gasteiger partial charge in [-0.2, -0.15) is 0 Å². The molecule has 120 valence electrons. The molecule has 1 aliphatic rings. The number of carbonyl (C=O) groups is 2. The highest BCUT2D eigenvalue weighted by Crippen LogP contribution is 2.17. The maximum absolute atomic E-state index is 11.7. The van der Waals surface area contributed by atoms with Crippen LogP contribution in [-0.2, 0) is 11.2 Å². The van der Waals surface area contributed by atoms with Crippen LogP contribution in [0.4, 0.5) is 4.79 Å². The van der Waals surface area contributed by atoms with E-state index < -0.39 is 11.9 Å². The van der Waals surface area contributed by atoms with E-state index in [9.17, 15) is 9.59 Å². The largest absolute Gasteiger partial charge is 0.484 e. The third kappa shape index (κ3) is 5.39. The van der Waals surface area contributed by atoms with Gasteiger partial charge >= 0.3 is 6.03 Å². The van der Waals surface area contributed by atoms with Gasteiger partial charge in [0.05, 0.1) is 0 Å². The van der Waals surface area contributed by atoms with Gasteiger partial charge in [-0.15, -0.1) is 0 Å². The standard InChI is InChI=1S/C17H24N2O3/c1-2-13-7-6-10-15(11-13)22-12-16(20)19-17(21)18-14-8-4-3-5-9-14/h6-7,10-11,14H,2-5,8-9,12H2,1H3,(H2,18,19,20,21). The maximum Gasteiger partial charge on any atom is 0.321 e. The van der Waals surface area contributed by atoms with Crippen molar-refractivity contribution >= 4 is 11.9 Å². The molecule has 0 aromatic heterocycles. The summed E-state index contributed by atoms with van der Waals surface area (Å²) in [7, 11) is 0. The number of urea groups is 1. The predicted molar refractivity (Wildman–Crippen MR) is 84.9 cm³/mol. The quantitative estimate of drug-likeness (QED) is 0.879. The number of nitrogens with one attached hydrogen (secondary N) is 2. The van der Waals surface area contributed by atoms with Gasteiger partial charge in [0, 0.05) is 6.04 Å². The minimum absolute atomic E-state index is 0.161. The number of imide groups is 1. The van der Waals surface area contributed by atoms with Crippen LogP contribution in [0.5, 0.6) is 5.75 Å². The van der Waals surface area contributed by atoms with Crippen LogP contribution in [0.2, 0.25) is 0 Å². The van der Waals surface area contributed by atoms with Crippen molar-refractivity contribution in [1.82, 2.24) is 10.6 Å². The van der Waals surface area contributed by atoms with Gasteiger partial charge in [0.2, 0.25) is 0 Å². The number of rotatable bonds is 5. The zero-order chi connectivity index (χ0) is 15.8. The van der Waals surface area contributed by atoms with Crippen molar-refractivity contribution in [2.75, 3.05) is 6.61 Å². The number of benzene rings is 1. The lowest BCUT2D eigenvalue weighted by molar-refractivity contribution is -0.122. The molecule has 1 aromatic carbocycles. The fraction of sp³-hybridized carbons (Fsp3) is 0.529. The van der Waals surface area contributed by atoms with Crippen molar-refractivity contribution in [3.05, 3.63) is 29.8 Å². The Balaban J connectivity index is 1.71. The van der Waals surface area contributed by atoms with Gasteiger partial charge in [0.1, 0.15) is 5.75 Å². The van der Waals surface area contributed by atoms with Crippen LogP contribution in [0.15, 0.2) is 24.3 Å². The molecule has 0 bridgehead atoms. The van der Waals surface area contributed by atoms with Crippen LogP contribution < -0.4 is 15.4 Å². The Kier molecular flexibility index (Phi) is 6.25.